The van der Waals surface area contributed by atoms with Crippen molar-refractivity contribution in [1.82, 2.24) is 15.3 Å². The van der Waals surface area contributed by atoms with E-state index in [4.69, 9.17) is 11.6 Å². The van der Waals surface area contributed by atoms with Crippen LogP contribution in [-0.4, -0.2) is 15.9 Å². The van der Waals surface area contributed by atoms with Crippen LogP contribution in [0.25, 0.3) is 0 Å². The molecule has 0 fully saturated rings. The first-order valence-electron chi connectivity index (χ1n) is 6.53. The SMILES string of the molecule is Cc1nc(C)c(CC(=O)NCc2ccc(Cl)cc2)c(=O)[nH]1. The molecule has 0 aliphatic rings. The van der Waals surface area contributed by atoms with Crippen LogP contribution in [0.2, 0.25) is 5.02 Å². The zero-order valence-corrected chi connectivity index (χ0v) is 12.6. The molecule has 1 amide bonds. The van der Waals surface area contributed by atoms with Crippen molar-refractivity contribution in [3.8, 4) is 0 Å². The molecule has 2 aromatic rings. The van der Waals surface area contributed by atoms with Crippen molar-refractivity contribution in [3.63, 3.8) is 0 Å². The van der Waals surface area contributed by atoms with Crippen molar-refractivity contribution in [3.05, 3.63) is 62.3 Å². The summed E-state index contributed by atoms with van der Waals surface area (Å²) in [5, 5.41) is 3.42. The summed E-state index contributed by atoms with van der Waals surface area (Å²) >= 11 is 5.80. The Bertz CT molecular complexity index is 708. The lowest BCUT2D eigenvalue weighted by Crippen LogP contribution is -2.28. The fraction of sp³-hybridized carbons (Fsp3) is 0.267. The number of rotatable bonds is 4. The molecule has 6 heteroatoms. The average molecular weight is 306 g/mol. The van der Waals surface area contributed by atoms with Gasteiger partial charge in [0.15, 0.2) is 0 Å². The zero-order valence-electron chi connectivity index (χ0n) is 11.9. The quantitative estimate of drug-likeness (QED) is 0.906. The van der Waals surface area contributed by atoms with Gasteiger partial charge in [-0.2, -0.15) is 0 Å². The summed E-state index contributed by atoms with van der Waals surface area (Å²) in [7, 11) is 0. The van der Waals surface area contributed by atoms with Gasteiger partial charge in [0.25, 0.3) is 5.56 Å². The maximum absolute atomic E-state index is 11.9. The van der Waals surface area contributed by atoms with Gasteiger partial charge in [0.1, 0.15) is 5.82 Å². The van der Waals surface area contributed by atoms with Crippen molar-refractivity contribution in [2.24, 2.45) is 0 Å². The molecule has 0 aliphatic heterocycles. The summed E-state index contributed by atoms with van der Waals surface area (Å²) in [5.41, 5.74) is 1.66. The largest absolute Gasteiger partial charge is 0.352 e. The second-order valence-corrected chi connectivity index (χ2v) is 5.23. The first-order chi connectivity index (χ1) is 9.95. The molecule has 0 atom stereocenters. The van der Waals surface area contributed by atoms with Crippen molar-refractivity contribution in [2.75, 3.05) is 0 Å². The van der Waals surface area contributed by atoms with Crippen LogP contribution in [-0.2, 0) is 17.8 Å². The molecular formula is C15H16ClN3O2. The highest BCUT2D eigenvalue weighted by Crippen LogP contribution is 2.09. The standard InChI is InChI=1S/C15H16ClN3O2/c1-9-13(15(21)19-10(2)18-9)7-14(20)17-8-11-3-5-12(16)6-4-11/h3-6H,7-8H2,1-2H3,(H,17,20)(H,18,19,21). The number of benzene rings is 1. The van der Waals surface area contributed by atoms with Crippen LogP contribution in [0.5, 0.6) is 0 Å². The molecule has 0 unspecified atom stereocenters. The molecule has 0 spiro atoms. The number of H-pyrrole nitrogens is 1. The van der Waals surface area contributed by atoms with Gasteiger partial charge >= 0.3 is 0 Å². The van der Waals surface area contributed by atoms with Gasteiger partial charge in [0, 0.05) is 22.8 Å². The van der Waals surface area contributed by atoms with E-state index in [-0.39, 0.29) is 17.9 Å². The summed E-state index contributed by atoms with van der Waals surface area (Å²) in [4.78, 5) is 30.5. The molecule has 0 saturated heterocycles. The molecule has 0 aliphatic carbocycles. The highest BCUT2D eigenvalue weighted by molar-refractivity contribution is 6.30. The van der Waals surface area contributed by atoms with Crippen LogP contribution in [0, 0.1) is 13.8 Å². The third-order valence-electron chi connectivity index (χ3n) is 3.08. The predicted octanol–water partition coefficient (Wildman–Crippen LogP) is 1.90. The second-order valence-electron chi connectivity index (χ2n) is 4.80. The second kappa shape index (κ2) is 6.54. The fourth-order valence-electron chi connectivity index (χ4n) is 1.99. The van der Waals surface area contributed by atoms with Crippen molar-refractivity contribution in [1.29, 1.82) is 0 Å². The summed E-state index contributed by atoms with van der Waals surface area (Å²) in [6.07, 6.45) is 0.0159. The Hall–Kier alpha value is -2.14. The van der Waals surface area contributed by atoms with E-state index in [1.165, 1.54) is 0 Å². The number of carbonyl (C=O) groups excluding carboxylic acids is 1. The number of halogens is 1. The van der Waals surface area contributed by atoms with Crippen LogP contribution in [0.1, 0.15) is 22.6 Å². The lowest BCUT2D eigenvalue weighted by Gasteiger charge is -2.07. The molecule has 2 rings (SSSR count). The Kier molecular flexibility index (Phi) is 4.75. The van der Waals surface area contributed by atoms with E-state index < -0.39 is 0 Å². The van der Waals surface area contributed by atoms with Crippen LogP contribution in [0.3, 0.4) is 0 Å². The van der Waals surface area contributed by atoms with E-state index in [9.17, 15) is 9.59 Å². The summed E-state index contributed by atoms with van der Waals surface area (Å²) in [5.74, 6) is 0.326. The average Bonchev–Trinajstić information content (AvgIpc) is 2.42. The molecule has 21 heavy (non-hydrogen) atoms. The van der Waals surface area contributed by atoms with Gasteiger partial charge < -0.3 is 10.3 Å². The Morgan fingerprint density at radius 2 is 1.95 bits per heavy atom. The third kappa shape index (κ3) is 4.16. The number of aromatic nitrogens is 2. The normalized spacial score (nSPS) is 10.4. The molecule has 1 heterocycles. The van der Waals surface area contributed by atoms with Gasteiger partial charge in [-0.25, -0.2) is 4.98 Å². The molecule has 1 aromatic heterocycles. The lowest BCUT2D eigenvalue weighted by molar-refractivity contribution is -0.120. The number of aryl methyl sites for hydroxylation is 2. The van der Waals surface area contributed by atoms with E-state index in [2.05, 4.69) is 15.3 Å². The van der Waals surface area contributed by atoms with E-state index >= 15 is 0 Å². The maximum Gasteiger partial charge on any atom is 0.254 e. The predicted molar refractivity (Wildman–Crippen MR) is 81.3 cm³/mol. The van der Waals surface area contributed by atoms with Gasteiger partial charge in [-0.1, -0.05) is 23.7 Å². The number of aromatic amines is 1. The maximum atomic E-state index is 11.9. The summed E-state index contributed by atoms with van der Waals surface area (Å²) in [6.45, 7) is 3.83. The molecule has 0 saturated carbocycles. The topological polar surface area (TPSA) is 74.8 Å². The van der Waals surface area contributed by atoms with Crippen molar-refractivity contribution < 1.29 is 4.79 Å². The van der Waals surface area contributed by atoms with Crippen molar-refractivity contribution >= 4 is 17.5 Å². The molecule has 0 bridgehead atoms. The van der Waals surface area contributed by atoms with Gasteiger partial charge in [-0.05, 0) is 31.5 Å². The third-order valence-corrected chi connectivity index (χ3v) is 3.33. The summed E-state index contributed by atoms with van der Waals surface area (Å²) in [6, 6.07) is 7.21. The highest BCUT2D eigenvalue weighted by Gasteiger charge is 2.11. The molecule has 110 valence electrons. The van der Waals surface area contributed by atoms with Crippen LogP contribution in [0.15, 0.2) is 29.1 Å². The number of nitrogens with one attached hydrogen (secondary N) is 2. The molecule has 0 radical (unpaired) electrons. The van der Waals surface area contributed by atoms with Crippen LogP contribution in [0.4, 0.5) is 0 Å². The Labute approximate surface area is 127 Å². The molecular weight excluding hydrogens is 290 g/mol. The number of nitrogens with zero attached hydrogens (tertiary/aromatic N) is 1. The number of amides is 1. The number of hydrogen-bond acceptors (Lipinski definition) is 3. The van der Waals surface area contributed by atoms with Gasteiger partial charge in [-0.15, -0.1) is 0 Å². The first-order valence-corrected chi connectivity index (χ1v) is 6.91. The first kappa shape index (κ1) is 15.3. The van der Waals surface area contributed by atoms with Crippen LogP contribution < -0.4 is 10.9 Å². The number of hydrogen-bond donors (Lipinski definition) is 2. The van der Waals surface area contributed by atoms with Crippen molar-refractivity contribution in [2.45, 2.75) is 26.8 Å². The van der Waals surface area contributed by atoms with E-state index in [1.807, 2.05) is 12.1 Å². The monoisotopic (exact) mass is 305 g/mol. The minimum Gasteiger partial charge on any atom is -0.352 e. The Balaban J connectivity index is 1.99. The van der Waals surface area contributed by atoms with Gasteiger partial charge in [0.2, 0.25) is 5.91 Å². The minimum atomic E-state index is -0.262. The Morgan fingerprint density at radius 3 is 2.57 bits per heavy atom. The Morgan fingerprint density at radius 1 is 1.29 bits per heavy atom. The molecule has 2 N–H and O–H groups in total. The fourth-order valence-corrected chi connectivity index (χ4v) is 2.11. The smallest absolute Gasteiger partial charge is 0.254 e. The molecule has 5 nitrogen and oxygen atoms in total. The van der Waals surface area contributed by atoms with Crippen LogP contribution >= 0.6 is 11.6 Å². The lowest BCUT2D eigenvalue weighted by atomic mass is 10.1. The van der Waals surface area contributed by atoms with E-state index in [0.29, 0.717) is 28.6 Å². The van der Waals surface area contributed by atoms with E-state index in [1.54, 1.807) is 26.0 Å². The van der Waals surface area contributed by atoms with Gasteiger partial charge in [-0.3, -0.25) is 9.59 Å². The van der Waals surface area contributed by atoms with Gasteiger partial charge in [0.05, 0.1) is 6.42 Å². The summed E-state index contributed by atoms with van der Waals surface area (Å²) < 4.78 is 0. The molecule has 1 aromatic carbocycles. The minimum absolute atomic E-state index is 0.0159. The van der Waals surface area contributed by atoms with E-state index in [0.717, 1.165) is 5.56 Å². The number of carbonyl (C=O) groups is 1. The highest BCUT2D eigenvalue weighted by atomic mass is 35.5. The zero-order chi connectivity index (χ0) is 15.4.